The Kier molecular flexibility index (Phi) is 5.10. The molecule has 0 unspecified atom stereocenters. The highest BCUT2D eigenvalue weighted by atomic mass is 32.2. The largest absolute Gasteiger partial charge is 0.495 e. The fraction of sp³-hybridized carbons (Fsp3) is 0.0667. The summed E-state index contributed by atoms with van der Waals surface area (Å²) in [5, 5.41) is 22.7. The lowest BCUT2D eigenvalue weighted by Crippen LogP contribution is -1.93. The van der Waals surface area contributed by atoms with Crippen LogP contribution in [0.3, 0.4) is 0 Å². The van der Waals surface area contributed by atoms with Crippen LogP contribution >= 0.6 is 23.1 Å². The van der Waals surface area contributed by atoms with Crippen LogP contribution in [0.4, 0.5) is 20.9 Å². The van der Waals surface area contributed by atoms with Crippen LogP contribution in [0.5, 0.6) is 5.75 Å². The van der Waals surface area contributed by atoms with E-state index in [1.807, 2.05) is 18.2 Å². The number of nitrogens with zero attached hydrogens (tertiary/aromatic N) is 3. The molecule has 2 aromatic carbocycles. The Morgan fingerprint density at radius 1 is 1.28 bits per heavy atom. The first-order valence-electron chi connectivity index (χ1n) is 6.92. The molecule has 0 aliphatic rings. The van der Waals surface area contributed by atoms with Crippen LogP contribution in [-0.4, -0.2) is 22.2 Å². The molecule has 3 rings (SSSR count). The van der Waals surface area contributed by atoms with Crippen molar-refractivity contribution in [3.8, 4) is 5.75 Å². The number of benzene rings is 2. The molecule has 0 spiro atoms. The minimum absolute atomic E-state index is 0.298. The summed E-state index contributed by atoms with van der Waals surface area (Å²) in [7, 11) is 1.57. The second-order valence-electron chi connectivity index (χ2n) is 4.67. The summed E-state index contributed by atoms with van der Waals surface area (Å²) in [6.45, 7) is 0. The van der Waals surface area contributed by atoms with Gasteiger partial charge in [0.25, 0.3) is 5.69 Å². The van der Waals surface area contributed by atoms with Crippen LogP contribution in [-0.2, 0) is 0 Å². The molecular weight excluding hydrogens is 367 g/mol. The normalized spacial score (nSPS) is 10.5. The second-order valence-corrected chi connectivity index (χ2v) is 6.94. The Morgan fingerprint density at radius 3 is 2.84 bits per heavy atom. The fourth-order valence-corrected chi connectivity index (χ4v) is 3.78. The van der Waals surface area contributed by atoms with Crippen molar-refractivity contribution in [2.45, 2.75) is 9.24 Å². The van der Waals surface area contributed by atoms with E-state index in [2.05, 4.69) is 15.5 Å². The Hall–Kier alpha value is -2.72. The number of rotatable bonds is 6. The highest BCUT2D eigenvalue weighted by Crippen LogP contribution is 2.38. The van der Waals surface area contributed by atoms with Gasteiger partial charge in [0, 0.05) is 0 Å². The van der Waals surface area contributed by atoms with E-state index in [4.69, 9.17) is 4.74 Å². The second kappa shape index (κ2) is 7.45. The molecule has 128 valence electrons. The minimum Gasteiger partial charge on any atom is -0.495 e. The molecule has 1 heterocycles. The van der Waals surface area contributed by atoms with Crippen LogP contribution in [0.1, 0.15) is 0 Å². The Morgan fingerprint density at radius 2 is 2.08 bits per heavy atom. The third kappa shape index (κ3) is 4.03. The van der Waals surface area contributed by atoms with E-state index in [0.717, 1.165) is 23.5 Å². The van der Waals surface area contributed by atoms with Crippen molar-refractivity contribution in [3.05, 3.63) is 58.4 Å². The Bertz CT molecular complexity index is 919. The lowest BCUT2D eigenvalue weighted by molar-refractivity contribution is -0.387. The van der Waals surface area contributed by atoms with Gasteiger partial charge in [0.05, 0.1) is 28.7 Å². The summed E-state index contributed by atoms with van der Waals surface area (Å²) in [6, 6.07) is 10.7. The first-order valence-corrected chi connectivity index (χ1v) is 8.55. The molecule has 0 saturated carbocycles. The van der Waals surface area contributed by atoms with Gasteiger partial charge in [0.1, 0.15) is 11.6 Å². The van der Waals surface area contributed by atoms with Gasteiger partial charge in [-0.25, -0.2) is 4.39 Å². The van der Waals surface area contributed by atoms with Crippen LogP contribution in [0.15, 0.2) is 51.7 Å². The van der Waals surface area contributed by atoms with Gasteiger partial charge in [-0.05, 0) is 36.0 Å². The molecule has 0 fully saturated rings. The van der Waals surface area contributed by atoms with Gasteiger partial charge in [-0.3, -0.25) is 10.1 Å². The third-order valence-electron chi connectivity index (χ3n) is 3.07. The number of nitro benzene ring substituents is 1. The van der Waals surface area contributed by atoms with Gasteiger partial charge in [-0.2, -0.15) is 0 Å². The van der Waals surface area contributed by atoms with E-state index in [0.29, 0.717) is 20.1 Å². The van der Waals surface area contributed by atoms with Crippen LogP contribution < -0.4 is 10.1 Å². The number of anilines is 2. The molecule has 1 aromatic heterocycles. The predicted octanol–water partition coefficient (Wildman–Crippen LogP) is 4.49. The van der Waals surface area contributed by atoms with Crippen molar-refractivity contribution in [3.63, 3.8) is 0 Å². The minimum atomic E-state index is -0.660. The highest BCUT2D eigenvalue weighted by Gasteiger charge is 2.18. The van der Waals surface area contributed by atoms with Crippen molar-refractivity contribution < 1.29 is 14.1 Å². The Balaban J connectivity index is 1.80. The summed E-state index contributed by atoms with van der Waals surface area (Å²) >= 11 is 2.28. The van der Waals surface area contributed by atoms with Crippen molar-refractivity contribution in [1.82, 2.24) is 10.2 Å². The summed E-state index contributed by atoms with van der Waals surface area (Å²) in [5.74, 6) is -0.00656. The van der Waals surface area contributed by atoms with E-state index >= 15 is 0 Å². The summed E-state index contributed by atoms with van der Waals surface area (Å²) in [6.07, 6.45) is 0. The summed E-state index contributed by atoms with van der Waals surface area (Å²) in [4.78, 5) is 10.7. The topological polar surface area (TPSA) is 90.2 Å². The zero-order valence-electron chi connectivity index (χ0n) is 12.8. The maximum Gasteiger partial charge on any atom is 0.286 e. The number of aromatic nitrogens is 2. The van der Waals surface area contributed by atoms with Crippen LogP contribution in [0.25, 0.3) is 0 Å². The number of hydrogen-bond donors (Lipinski definition) is 1. The van der Waals surface area contributed by atoms with Gasteiger partial charge >= 0.3 is 0 Å². The van der Waals surface area contributed by atoms with Crippen molar-refractivity contribution in [1.29, 1.82) is 0 Å². The van der Waals surface area contributed by atoms with Crippen molar-refractivity contribution in [2.24, 2.45) is 0 Å². The van der Waals surface area contributed by atoms with Crippen molar-refractivity contribution in [2.75, 3.05) is 12.4 Å². The smallest absolute Gasteiger partial charge is 0.286 e. The van der Waals surface area contributed by atoms with Gasteiger partial charge in [0.15, 0.2) is 4.34 Å². The summed E-state index contributed by atoms with van der Waals surface area (Å²) < 4.78 is 18.9. The molecule has 1 N–H and O–H groups in total. The molecule has 0 bridgehead atoms. The third-order valence-corrected chi connectivity index (χ3v) is 5.02. The van der Waals surface area contributed by atoms with Gasteiger partial charge < -0.3 is 10.1 Å². The standard InChI is InChI=1S/C15H11FN4O3S2/c1-23-12-5-3-2-4-10(12)17-14-18-19-15(25-14)24-13-7-6-9(16)8-11(13)20(21)22/h2-8H,1H3,(H,17,18). The number of ether oxygens (including phenoxy) is 1. The van der Waals surface area contributed by atoms with E-state index in [1.165, 1.54) is 23.5 Å². The van der Waals surface area contributed by atoms with Crippen LogP contribution in [0.2, 0.25) is 0 Å². The molecule has 0 atom stereocenters. The van der Waals surface area contributed by atoms with Crippen molar-refractivity contribution >= 4 is 39.6 Å². The molecule has 0 radical (unpaired) electrons. The number of nitro groups is 1. The lowest BCUT2D eigenvalue weighted by atomic mass is 10.3. The molecule has 10 heteroatoms. The molecule has 3 aromatic rings. The monoisotopic (exact) mass is 378 g/mol. The van der Waals surface area contributed by atoms with Gasteiger partial charge in [-0.15, -0.1) is 10.2 Å². The first kappa shape index (κ1) is 17.1. The average Bonchev–Trinajstić information content (AvgIpc) is 3.04. The first-order chi connectivity index (χ1) is 12.1. The van der Waals surface area contributed by atoms with E-state index in [9.17, 15) is 14.5 Å². The lowest BCUT2D eigenvalue weighted by Gasteiger charge is -2.07. The molecule has 7 nitrogen and oxygen atoms in total. The molecule has 0 saturated heterocycles. The van der Waals surface area contributed by atoms with Gasteiger partial charge in [0.2, 0.25) is 5.13 Å². The number of halogens is 1. The molecule has 0 aliphatic heterocycles. The number of para-hydroxylation sites is 2. The van der Waals surface area contributed by atoms with E-state index in [-0.39, 0.29) is 5.69 Å². The zero-order chi connectivity index (χ0) is 17.8. The zero-order valence-corrected chi connectivity index (χ0v) is 14.4. The molecule has 0 aliphatic carbocycles. The molecule has 25 heavy (non-hydrogen) atoms. The quantitative estimate of drug-likeness (QED) is 0.499. The van der Waals surface area contributed by atoms with E-state index in [1.54, 1.807) is 13.2 Å². The predicted molar refractivity (Wildman–Crippen MR) is 93.4 cm³/mol. The maximum absolute atomic E-state index is 13.2. The average molecular weight is 378 g/mol. The number of nitrogens with one attached hydrogen (secondary N) is 1. The SMILES string of the molecule is COc1ccccc1Nc1nnc(Sc2ccc(F)cc2[N+](=O)[O-])s1. The van der Waals surface area contributed by atoms with Crippen LogP contribution in [0, 0.1) is 15.9 Å². The summed E-state index contributed by atoms with van der Waals surface area (Å²) in [5.41, 5.74) is 0.421. The highest BCUT2D eigenvalue weighted by molar-refractivity contribution is 8.01. The maximum atomic E-state index is 13.2. The Labute approximate surface area is 150 Å². The van der Waals surface area contributed by atoms with E-state index < -0.39 is 10.7 Å². The fourth-order valence-electron chi connectivity index (χ4n) is 1.98. The number of hydrogen-bond acceptors (Lipinski definition) is 8. The van der Waals surface area contributed by atoms with Gasteiger partial charge in [-0.1, -0.05) is 23.5 Å². The number of methoxy groups -OCH3 is 1. The molecule has 0 amide bonds. The molecular formula is C15H11FN4O3S2.